The second-order valence-electron chi connectivity index (χ2n) is 6.79. The Hall–Kier alpha value is -1.89. The van der Waals surface area contributed by atoms with E-state index < -0.39 is 6.04 Å². The minimum atomic E-state index is -0.471. The molecule has 2 fully saturated rings. The predicted octanol–water partition coefficient (Wildman–Crippen LogP) is 1.60. The van der Waals surface area contributed by atoms with Crippen LogP contribution < -0.4 is 5.32 Å². The molecule has 3 heterocycles. The van der Waals surface area contributed by atoms with Crippen molar-refractivity contribution in [1.82, 2.24) is 20.0 Å². The molecule has 1 N–H and O–H groups in total. The molecule has 0 aromatic carbocycles. The molecule has 1 aromatic heterocycles. The Bertz CT molecular complexity index is 632. The summed E-state index contributed by atoms with van der Waals surface area (Å²) in [7, 11) is 1.69. The number of methoxy groups -OCH3 is 1. The normalized spacial score (nSPS) is 29.2. The maximum atomic E-state index is 12.8. The number of aromatic nitrogens is 2. The number of nitrogens with one attached hydrogen (secondary N) is 1. The first-order valence-corrected chi connectivity index (χ1v) is 8.34. The fourth-order valence-electron chi connectivity index (χ4n) is 4.07. The fraction of sp³-hybridized carbons (Fsp3) is 0.688. The van der Waals surface area contributed by atoms with Gasteiger partial charge in [-0.1, -0.05) is 0 Å². The highest BCUT2D eigenvalue weighted by molar-refractivity contribution is 6.04. The minimum Gasteiger partial charge on any atom is -0.378 e. The van der Waals surface area contributed by atoms with Crippen molar-refractivity contribution >= 4 is 11.9 Å². The zero-order chi connectivity index (χ0) is 16.0. The summed E-state index contributed by atoms with van der Waals surface area (Å²) >= 11 is 0. The van der Waals surface area contributed by atoms with Crippen molar-refractivity contribution in [2.24, 2.45) is 0 Å². The minimum absolute atomic E-state index is 0.127. The Morgan fingerprint density at radius 1 is 1.39 bits per heavy atom. The lowest BCUT2D eigenvalue weighted by atomic mass is 9.75. The van der Waals surface area contributed by atoms with E-state index >= 15 is 0 Å². The Balaban J connectivity index is 1.55. The van der Waals surface area contributed by atoms with Crippen LogP contribution in [0.15, 0.2) is 12.3 Å². The number of amides is 3. The smallest absolute Gasteiger partial charge is 0.325 e. The lowest BCUT2D eigenvalue weighted by Crippen LogP contribution is -2.46. The second kappa shape index (κ2) is 5.33. The maximum absolute atomic E-state index is 12.8. The van der Waals surface area contributed by atoms with E-state index in [0.29, 0.717) is 6.42 Å². The molecule has 0 radical (unpaired) electrons. The molecule has 124 valence electrons. The average Bonchev–Trinajstić information content (AvgIpc) is 3.08. The van der Waals surface area contributed by atoms with Gasteiger partial charge in [-0.25, -0.2) is 4.79 Å². The van der Waals surface area contributed by atoms with Crippen LogP contribution in [0.4, 0.5) is 4.79 Å². The second-order valence-corrected chi connectivity index (χ2v) is 6.79. The van der Waals surface area contributed by atoms with Crippen LogP contribution >= 0.6 is 0 Å². The van der Waals surface area contributed by atoms with Crippen LogP contribution in [0.1, 0.15) is 50.3 Å². The zero-order valence-electron chi connectivity index (χ0n) is 13.3. The number of fused-ring (bicyclic) bond motifs is 1. The molecule has 2 aliphatic heterocycles. The number of ether oxygens (including phenoxy) is 1. The summed E-state index contributed by atoms with van der Waals surface area (Å²) in [6.07, 6.45) is 7.05. The van der Waals surface area contributed by atoms with Crippen molar-refractivity contribution in [1.29, 1.82) is 0 Å². The summed E-state index contributed by atoms with van der Waals surface area (Å²) in [6.45, 7) is 0.846. The molecule has 0 spiro atoms. The molecular weight excluding hydrogens is 296 g/mol. The van der Waals surface area contributed by atoms with Crippen LogP contribution in [0.25, 0.3) is 0 Å². The van der Waals surface area contributed by atoms with Crippen molar-refractivity contribution in [3.63, 3.8) is 0 Å². The average molecular weight is 318 g/mol. The SMILES string of the molecule is COC1(CC2NC(=O)N(C3CCCn4nccc43)C2=O)CCC1. The van der Waals surface area contributed by atoms with E-state index in [4.69, 9.17) is 4.74 Å². The van der Waals surface area contributed by atoms with Gasteiger partial charge in [0.25, 0.3) is 5.91 Å². The van der Waals surface area contributed by atoms with Gasteiger partial charge in [0.1, 0.15) is 6.04 Å². The Kier molecular flexibility index (Phi) is 3.41. The Morgan fingerprint density at radius 2 is 2.22 bits per heavy atom. The topological polar surface area (TPSA) is 76.5 Å². The molecule has 1 aliphatic carbocycles. The lowest BCUT2D eigenvalue weighted by molar-refractivity contribution is -0.134. The molecule has 0 bridgehead atoms. The van der Waals surface area contributed by atoms with Crippen molar-refractivity contribution in [2.45, 2.75) is 62.8 Å². The van der Waals surface area contributed by atoms with Gasteiger partial charge >= 0.3 is 6.03 Å². The van der Waals surface area contributed by atoms with E-state index in [2.05, 4.69) is 10.4 Å². The summed E-state index contributed by atoms with van der Waals surface area (Å²) in [6, 6.07) is 0.940. The van der Waals surface area contributed by atoms with Gasteiger partial charge in [0.05, 0.1) is 17.3 Å². The fourth-order valence-corrected chi connectivity index (χ4v) is 4.07. The first kappa shape index (κ1) is 14.7. The number of hydrogen-bond acceptors (Lipinski definition) is 4. The van der Waals surface area contributed by atoms with Crippen LogP contribution in [0.5, 0.6) is 0 Å². The van der Waals surface area contributed by atoms with Crippen LogP contribution in [0, 0.1) is 0 Å². The molecular formula is C16H22N4O3. The van der Waals surface area contributed by atoms with E-state index in [1.54, 1.807) is 13.3 Å². The van der Waals surface area contributed by atoms with Crippen molar-refractivity contribution < 1.29 is 14.3 Å². The van der Waals surface area contributed by atoms with Crippen LogP contribution in [-0.4, -0.2) is 45.4 Å². The number of hydrogen-bond donors (Lipinski definition) is 1. The zero-order valence-corrected chi connectivity index (χ0v) is 13.3. The predicted molar refractivity (Wildman–Crippen MR) is 81.6 cm³/mol. The maximum Gasteiger partial charge on any atom is 0.325 e. The van der Waals surface area contributed by atoms with Gasteiger partial charge in [0, 0.05) is 26.3 Å². The molecule has 7 heteroatoms. The number of nitrogens with zero attached hydrogens (tertiary/aromatic N) is 3. The van der Waals surface area contributed by atoms with Gasteiger partial charge < -0.3 is 10.1 Å². The van der Waals surface area contributed by atoms with Gasteiger partial charge in [0.15, 0.2) is 0 Å². The third-order valence-electron chi connectivity index (χ3n) is 5.58. The molecule has 23 heavy (non-hydrogen) atoms. The van der Waals surface area contributed by atoms with E-state index in [-0.39, 0.29) is 23.6 Å². The van der Waals surface area contributed by atoms with E-state index in [1.807, 2.05) is 10.7 Å². The van der Waals surface area contributed by atoms with Crippen molar-refractivity contribution in [2.75, 3.05) is 7.11 Å². The first-order chi connectivity index (χ1) is 11.1. The van der Waals surface area contributed by atoms with E-state index in [0.717, 1.165) is 44.3 Å². The highest BCUT2D eigenvalue weighted by atomic mass is 16.5. The van der Waals surface area contributed by atoms with Gasteiger partial charge in [-0.15, -0.1) is 0 Å². The number of rotatable bonds is 4. The van der Waals surface area contributed by atoms with E-state index in [1.165, 1.54) is 4.90 Å². The van der Waals surface area contributed by atoms with Crippen LogP contribution in [-0.2, 0) is 16.1 Å². The first-order valence-electron chi connectivity index (χ1n) is 8.34. The quantitative estimate of drug-likeness (QED) is 0.856. The molecule has 1 saturated heterocycles. The molecule has 2 atom stereocenters. The van der Waals surface area contributed by atoms with Crippen molar-refractivity contribution in [3.05, 3.63) is 18.0 Å². The summed E-state index contributed by atoms with van der Waals surface area (Å²) in [5.74, 6) is -0.127. The molecule has 1 aromatic rings. The number of aryl methyl sites for hydroxylation is 1. The van der Waals surface area contributed by atoms with Crippen LogP contribution in [0.3, 0.4) is 0 Å². The number of carbonyl (C=O) groups is 2. The third-order valence-corrected chi connectivity index (χ3v) is 5.58. The molecule has 4 rings (SSSR count). The largest absolute Gasteiger partial charge is 0.378 e. The van der Waals surface area contributed by atoms with E-state index in [9.17, 15) is 9.59 Å². The number of carbonyl (C=O) groups excluding carboxylic acids is 2. The van der Waals surface area contributed by atoms with Gasteiger partial charge in [-0.05, 0) is 38.2 Å². The summed E-state index contributed by atoms with van der Waals surface area (Å²) in [5.41, 5.74) is 0.711. The standard InChI is InChI=1S/C16H22N4O3/c1-23-16(6-3-7-16)10-11-14(21)20(15(22)18-11)13-4-2-9-19-12(13)5-8-17-19/h5,8,11,13H,2-4,6-7,9-10H2,1H3,(H,18,22). The summed E-state index contributed by atoms with van der Waals surface area (Å²) < 4.78 is 7.50. The molecule has 3 amide bonds. The third kappa shape index (κ3) is 2.25. The summed E-state index contributed by atoms with van der Waals surface area (Å²) in [4.78, 5) is 26.7. The highest BCUT2D eigenvalue weighted by Crippen LogP contribution is 2.41. The number of imide groups is 1. The molecule has 3 aliphatic rings. The molecule has 7 nitrogen and oxygen atoms in total. The molecule has 1 saturated carbocycles. The van der Waals surface area contributed by atoms with Gasteiger partial charge in [-0.2, -0.15) is 5.10 Å². The molecule has 2 unspecified atom stereocenters. The monoisotopic (exact) mass is 318 g/mol. The Labute approximate surface area is 135 Å². The lowest BCUT2D eigenvalue weighted by Gasteiger charge is -2.41. The van der Waals surface area contributed by atoms with Crippen LogP contribution in [0.2, 0.25) is 0 Å². The van der Waals surface area contributed by atoms with Gasteiger partial charge in [-0.3, -0.25) is 14.4 Å². The highest BCUT2D eigenvalue weighted by Gasteiger charge is 2.48. The number of urea groups is 1. The summed E-state index contributed by atoms with van der Waals surface area (Å²) in [5, 5.41) is 7.13. The van der Waals surface area contributed by atoms with Gasteiger partial charge in [0.2, 0.25) is 0 Å². The Morgan fingerprint density at radius 3 is 2.91 bits per heavy atom. The van der Waals surface area contributed by atoms with Crippen molar-refractivity contribution in [3.8, 4) is 0 Å².